The molecule has 6 nitrogen and oxygen atoms in total. The number of ether oxygens (including phenoxy) is 1. The lowest BCUT2D eigenvalue weighted by Gasteiger charge is -2.09. The molecule has 1 aromatic heterocycles. The first-order chi connectivity index (χ1) is 13.5. The molecule has 0 radical (unpaired) electrons. The fraction of sp³-hybridized carbons (Fsp3) is 0.250. The molecule has 3 rings (SSSR count). The summed E-state index contributed by atoms with van der Waals surface area (Å²) < 4.78 is 35.5. The maximum Gasteiger partial charge on any atom is 0.240 e. The smallest absolute Gasteiger partial charge is 0.240 e. The van der Waals surface area contributed by atoms with Gasteiger partial charge in [-0.05, 0) is 67.8 Å². The zero-order chi connectivity index (χ0) is 19.8. The number of imidazole rings is 1. The quantitative estimate of drug-likeness (QED) is 0.458. The van der Waals surface area contributed by atoms with Crippen molar-refractivity contribution in [2.24, 2.45) is 0 Å². The van der Waals surface area contributed by atoms with Gasteiger partial charge >= 0.3 is 0 Å². The average molecular weight is 464 g/mol. The van der Waals surface area contributed by atoms with Crippen LogP contribution in [0.2, 0.25) is 0 Å². The average Bonchev–Trinajstić information content (AvgIpc) is 3.23. The van der Waals surface area contributed by atoms with Gasteiger partial charge in [-0.3, -0.25) is 0 Å². The SMILES string of the molecule is O=S(=O)(NCCCCCOc1ccc(-n2ccnc2)cc1)c1ccc(Br)cc1. The maximum absolute atomic E-state index is 12.2. The van der Waals surface area contributed by atoms with E-state index in [1.807, 2.05) is 35.0 Å². The molecular formula is C20H22BrN3O3S. The third-order valence-corrected chi connectivity index (χ3v) is 6.15. The third kappa shape index (κ3) is 5.92. The van der Waals surface area contributed by atoms with E-state index in [1.54, 1.807) is 36.8 Å². The number of aromatic nitrogens is 2. The van der Waals surface area contributed by atoms with Crippen molar-refractivity contribution in [2.45, 2.75) is 24.2 Å². The van der Waals surface area contributed by atoms with Crippen molar-refractivity contribution in [3.8, 4) is 11.4 Å². The minimum Gasteiger partial charge on any atom is -0.494 e. The Labute approximate surface area is 173 Å². The molecule has 0 aliphatic heterocycles. The van der Waals surface area contributed by atoms with Crippen LogP contribution in [0.3, 0.4) is 0 Å². The molecule has 2 aromatic carbocycles. The van der Waals surface area contributed by atoms with Crippen molar-refractivity contribution < 1.29 is 13.2 Å². The van der Waals surface area contributed by atoms with Crippen LogP contribution >= 0.6 is 15.9 Å². The zero-order valence-corrected chi connectivity index (χ0v) is 17.7. The fourth-order valence-electron chi connectivity index (χ4n) is 2.62. The predicted octanol–water partition coefficient (Wildman–Crippen LogP) is 4.16. The molecule has 0 atom stereocenters. The molecule has 0 amide bonds. The van der Waals surface area contributed by atoms with Crippen molar-refractivity contribution in [1.82, 2.24) is 14.3 Å². The second-order valence-electron chi connectivity index (χ2n) is 6.22. The summed E-state index contributed by atoms with van der Waals surface area (Å²) in [6, 6.07) is 14.4. The van der Waals surface area contributed by atoms with Crippen LogP contribution in [0.1, 0.15) is 19.3 Å². The highest BCUT2D eigenvalue weighted by molar-refractivity contribution is 9.10. The van der Waals surface area contributed by atoms with E-state index in [0.29, 0.717) is 13.2 Å². The van der Waals surface area contributed by atoms with Gasteiger partial charge in [-0.2, -0.15) is 0 Å². The third-order valence-electron chi connectivity index (χ3n) is 4.15. The van der Waals surface area contributed by atoms with Gasteiger partial charge in [0.1, 0.15) is 5.75 Å². The van der Waals surface area contributed by atoms with Crippen molar-refractivity contribution >= 4 is 26.0 Å². The minimum absolute atomic E-state index is 0.276. The number of benzene rings is 2. The van der Waals surface area contributed by atoms with Gasteiger partial charge in [-0.15, -0.1) is 0 Å². The first-order valence-electron chi connectivity index (χ1n) is 9.01. The van der Waals surface area contributed by atoms with Crippen LogP contribution < -0.4 is 9.46 Å². The van der Waals surface area contributed by atoms with Gasteiger partial charge in [0.2, 0.25) is 10.0 Å². The Morgan fingerprint density at radius 3 is 2.43 bits per heavy atom. The molecule has 0 unspecified atom stereocenters. The molecule has 0 aliphatic carbocycles. The van der Waals surface area contributed by atoms with Crippen LogP contribution in [0, 0.1) is 0 Å². The predicted molar refractivity (Wildman–Crippen MR) is 112 cm³/mol. The van der Waals surface area contributed by atoms with Crippen molar-refractivity contribution in [3.05, 3.63) is 71.7 Å². The molecule has 0 spiro atoms. The molecule has 148 valence electrons. The normalized spacial score (nSPS) is 11.5. The Morgan fingerprint density at radius 2 is 1.75 bits per heavy atom. The highest BCUT2D eigenvalue weighted by atomic mass is 79.9. The summed E-state index contributed by atoms with van der Waals surface area (Å²) in [5, 5.41) is 0. The van der Waals surface area contributed by atoms with Crippen LogP contribution in [0.4, 0.5) is 0 Å². The summed E-state index contributed by atoms with van der Waals surface area (Å²) in [5.41, 5.74) is 1.03. The van der Waals surface area contributed by atoms with Crippen molar-refractivity contribution in [2.75, 3.05) is 13.2 Å². The van der Waals surface area contributed by atoms with E-state index in [0.717, 1.165) is 35.2 Å². The number of nitrogens with zero attached hydrogens (tertiary/aromatic N) is 2. The van der Waals surface area contributed by atoms with Crippen LogP contribution in [-0.4, -0.2) is 31.1 Å². The second-order valence-corrected chi connectivity index (χ2v) is 8.91. The number of sulfonamides is 1. The summed E-state index contributed by atoms with van der Waals surface area (Å²) in [6.45, 7) is 1.02. The summed E-state index contributed by atoms with van der Waals surface area (Å²) in [4.78, 5) is 4.30. The number of hydrogen-bond acceptors (Lipinski definition) is 4. The van der Waals surface area contributed by atoms with Gasteiger partial charge in [0.25, 0.3) is 0 Å². The molecule has 8 heteroatoms. The molecule has 0 saturated heterocycles. The molecule has 0 bridgehead atoms. The van der Waals surface area contributed by atoms with Crippen LogP contribution in [0.25, 0.3) is 5.69 Å². The van der Waals surface area contributed by atoms with Gasteiger partial charge in [-0.1, -0.05) is 15.9 Å². The molecule has 28 heavy (non-hydrogen) atoms. The van der Waals surface area contributed by atoms with Crippen molar-refractivity contribution in [1.29, 1.82) is 0 Å². The topological polar surface area (TPSA) is 73.2 Å². The number of halogens is 1. The highest BCUT2D eigenvalue weighted by Crippen LogP contribution is 2.16. The fourth-order valence-corrected chi connectivity index (χ4v) is 3.96. The lowest BCUT2D eigenvalue weighted by Crippen LogP contribution is -2.24. The van der Waals surface area contributed by atoms with E-state index >= 15 is 0 Å². The number of unbranched alkanes of at least 4 members (excludes halogenated alkanes) is 2. The molecule has 0 saturated carbocycles. The van der Waals surface area contributed by atoms with Gasteiger partial charge in [0.05, 0.1) is 17.8 Å². The van der Waals surface area contributed by atoms with Crippen LogP contribution in [0.5, 0.6) is 5.75 Å². The lowest BCUT2D eigenvalue weighted by molar-refractivity contribution is 0.305. The summed E-state index contributed by atoms with van der Waals surface area (Å²) >= 11 is 3.30. The number of hydrogen-bond donors (Lipinski definition) is 1. The Kier molecular flexibility index (Phi) is 7.24. The first kappa shape index (κ1) is 20.6. The van der Waals surface area contributed by atoms with Gasteiger partial charge in [0, 0.05) is 29.1 Å². The van der Waals surface area contributed by atoms with E-state index < -0.39 is 10.0 Å². The van der Waals surface area contributed by atoms with E-state index in [9.17, 15) is 8.42 Å². The van der Waals surface area contributed by atoms with Crippen molar-refractivity contribution in [3.63, 3.8) is 0 Å². The monoisotopic (exact) mass is 463 g/mol. The summed E-state index contributed by atoms with van der Waals surface area (Å²) in [6.07, 6.45) is 7.89. The summed E-state index contributed by atoms with van der Waals surface area (Å²) in [5.74, 6) is 0.819. The Hall–Kier alpha value is -2.16. The second kappa shape index (κ2) is 9.86. The standard InChI is InChI=1S/C20H22BrN3O3S/c21-17-4-10-20(11-5-17)28(25,26)23-12-2-1-3-15-27-19-8-6-18(7-9-19)24-14-13-22-16-24/h4-11,13-14,16,23H,1-3,12,15H2. The number of rotatable bonds is 10. The van der Waals surface area contributed by atoms with Gasteiger partial charge in [-0.25, -0.2) is 18.1 Å². The Morgan fingerprint density at radius 1 is 1.00 bits per heavy atom. The highest BCUT2D eigenvalue weighted by Gasteiger charge is 2.12. The Bertz CT molecular complexity index is 957. The molecule has 1 N–H and O–H groups in total. The zero-order valence-electron chi connectivity index (χ0n) is 15.3. The first-order valence-corrected chi connectivity index (χ1v) is 11.3. The van der Waals surface area contributed by atoms with Gasteiger partial charge < -0.3 is 9.30 Å². The summed E-state index contributed by atoms with van der Waals surface area (Å²) in [7, 11) is -3.44. The van der Waals surface area contributed by atoms with Crippen LogP contribution in [-0.2, 0) is 10.0 Å². The number of nitrogens with one attached hydrogen (secondary N) is 1. The van der Waals surface area contributed by atoms with E-state index in [1.165, 1.54) is 0 Å². The lowest BCUT2D eigenvalue weighted by atomic mass is 10.2. The maximum atomic E-state index is 12.2. The minimum atomic E-state index is -3.44. The molecular weight excluding hydrogens is 442 g/mol. The van der Waals surface area contributed by atoms with E-state index in [4.69, 9.17) is 4.74 Å². The van der Waals surface area contributed by atoms with Crippen LogP contribution in [0.15, 0.2) is 76.6 Å². The van der Waals surface area contributed by atoms with E-state index in [2.05, 4.69) is 25.6 Å². The Balaban J connectivity index is 1.32. The molecule has 3 aromatic rings. The van der Waals surface area contributed by atoms with Gasteiger partial charge in [0.15, 0.2) is 0 Å². The molecule has 0 aliphatic rings. The molecule has 1 heterocycles. The largest absolute Gasteiger partial charge is 0.494 e. The molecule has 0 fully saturated rings. The van der Waals surface area contributed by atoms with E-state index in [-0.39, 0.29) is 4.90 Å².